The van der Waals surface area contributed by atoms with Crippen LogP contribution in [0.25, 0.3) is 19.5 Å². The minimum absolute atomic E-state index is 0.0338. The Balaban J connectivity index is 1.57. The first kappa shape index (κ1) is 16.5. The number of carbonyl (C=O) groups is 2. The largest absolute Gasteiger partial charge is 0.466 e. The van der Waals surface area contributed by atoms with Crippen molar-refractivity contribution in [3.8, 4) is 0 Å². The number of rotatable bonds is 3. The third-order valence-electron chi connectivity index (χ3n) is 4.59. The smallest absolute Gasteiger partial charge is 0.310 e. The van der Waals surface area contributed by atoms with Gasteiger partial charge in [-0.1, -0.05) is 18.2 Å². The monoisotopic (exact) mass is 373 g/mol. The first-order valence-corrected chi connectivity index (χ1v) is 10.2. The molecular formula is C19H19NO3S2. The molecule has 1 fully saturated rings. The molecule has 4 nitrogen and oxygen atoms in total. The lowest BCUT2D eigenvalue weighted by molar-refractivity contribution is -0.149. The molecule has 1 amide bonds. The van der Waals surface area contributed by atoms with Crippen LogP contribution in [-0.2, 0) is 9.53 Å². The maximum atomic E-state index is 12.9. The summed E-state index contributed by atoms with van der Waals surface area (Å²) in [5, 5.41) is 1.22. The normalized spacial score (nSPS) is 18.0. The summed E-state index contributed by atoms with van der Waals surface area (Å²) in [6, 6.07) is 10.3. The van der Waals surface area contributed by atoms with Crippen molar-refractivity contribution in [2.24, 2.45) is 5.92 Å². The van der Waals surface area contributed by atoms with Gasteiger partial charge in [-0.2, -0.15) is 0 Å². The van der Waals surface area contributed by atoms with Crippen LogP contribution in [0.1, 0.15) is 29.4 Å². The summed E-state index contributed by atoms with van der Waals surface area (Å²) in [7, 11) is 0. The van der Waals surface area contributed by atoms with E-state index in [1.54, 1.807) is 22.7 Å². The number of benzene rings is 1. The van der Waals surface area contributed by atoms with E-state index in [1.165, 1.54) is 14.8 Å². The van der Waals surface area contributed by atoms with Crippen molar-refractivity contribution >= 4 is 54.0 Å². The van der Waals surface area contributed by atoms with Gasteiger partial charge >= 0.3 is 5.97 Å². The van der Waals surface area contributed by atoms with E-state index in [0.717, 1.165) is 22.4 Å². The maximum absolute atomic E-state index is 12.9. The molecule has 1 atom stereocenters. The Morgan fingerprint density at radius 1 is 1.24 bits per heavy atom. The Morgan fingerprint density at radius 2 is 2.08 bits per heavy atom. The molecule has 4 rings (SSSR count). The second kappa shape index (κ2) is 6.77. The van der Waals surface area contributed by atoms with Crippen molar-refractivity contribution in [1.29, 1.82) is 0 Å². The molecule has 3 aromatic rings. The third kappa shape index (κ3) is 3.04. The lowest BCUT2D eigenvalue weighted by Crippen LogP contribution is -2.42. The number of hydrogen-bond acceptors (Lipinski definition) is 5. The van der Waals surface area contributed by atoms with Gasteiger partial charge in [-0.3, -0.25) is 9.59 Å². The second-order valence-electron chi connectivity index (χ2n) is 6.24. The molecule has 1 aliphatic rings. The van der Waals surface area contributed by atoms with Crippen molar-refractivity contribution in [3.63, 3.8) is 0 Å². The van der Waals surface area contributed by atoms with E-state index >= 15 is 0 Å². The highest BCUT2D eigenvalue weighted by atomic mass is 32.1. The van der Waals surface area contributed by atoms with E-state index in [0.29, 0.717) is 19.7 Å². The average Bonchev–Trinajstić information content (AvgIpc) is 3.19. The van der Waals surface area contributed by atoms with Crippen molar-refractivity contribution in [2.45, 2.75) is 19.8 Å². The molecule has 25 heavy (non-hydrogen) atoms. The van der Waals surface area contributed by atoms with Crippen LogP contribution in [0.3, 0.4) is 0 Å². The maximum Gasteiger partial charge on any atom is 0.310 e. The SMILES string of the molecule is CCOC(=O)C1CCCN(C(=O)c2cc3sc4ccccc4c3s2)C1. The molecule has 1 unspecified atom stereocenters. The summed E-state index contributed by atoms with van der Waals surface area (Å²) < 4.78 is 8.72. The van der Waals surface area contributed by atoms with E-state index in [4.69, 9.17) is 4.74 Å². The number of nitrogens with zero attached hydrogens (tertiary/aromatic N) is 1. The standard InChI is InChI=1S/C19H19NO3S2/c1-2-23-19(22)12-6-5-9-20(11-12)18(21)16-10-15-17(25-16)13-7-3-4-8-14(13)24-15/h3-4,7-8,10,12H,2,5-6,9,11H2,1H3. The van der Waals surface area contributed by atoms with Gasteiger partial charge in [0.05, 0.1) is 22.1 Å². The molecule has 130 valence electrons. The number of likely N-dealkylation sites (tertiary alicyclic amines) is 1. The number of esters is 1. The van der Waals surface area contributed by atoms with Crippen molar-refractivity contribution in [1.82, 2.24) is 4.90 Å². The second-order valence-corrected chi connectivity index (χ2v) is 8.38. The third-order valence-corrected chi connectivity index (χ3v) is 6.99. The Bertz CT molecular complexity index is 943. The van der Waals surface area contributed by atoms with Crippen molar-refractivity contribution in [2.75, 3.05) is 19.7 Å². The number of carbonyl (C=O) groups excluding carboxylic acids is 2. The molecule has 1 aliphatic heterocycles. The minimum Gasteiger partial charge on any atom is -0.466 e. The molecule has 0 radical (unpaired) electrons. The molecule has 3 heterocycles. The Kier molecular flexibility index (Phi) is 4.48. The molecular weight excluding hydrogens is 354 g/mol. The van der Waals surface area contributed by atoms with Crippen LogP contribution in [0.4, 0.5) is 0 Å². The molecule has 0 aliphatic carbocycles. The van der Waals surface area contributed by atoms with Crippen LogP contribution in [0.2, 0.25) is 0 Å². The zero-order valence-electron chi connectivity index (χ0n) is 14.0. The zero-order valence-corrected chi connectivity index (χ0v) is 15.6. The lowest BCUT2D eigenvalue weighted by Gasteiger charge is -2.31. The van der Waals surface area contributed by atoms with Gasteiger partial charge in [0.15, 0.2) is 0 Å². The highest BCUT2D eigenvalue weighted by molar-refractivity contribution is 7.33. The lowest BCUT2D eigenvalue weighted by atomic mass is 9.98. The fourth-order valence-corrected chi connectivity index (χ4v) is 5.87. The van der Waals surface area contributed by atoms with E-state index in [9.17, 15) is 9.59 Å². The Hall–Kier alpha value is -1.92. The number of ether oxygens (including phenoxy) is 1. The van der Waals surface area contributed by atoms with Crippen molar-refractivity contribution in [3.05, 3.63) is 35.2 Å². The van der Waals surface area contributed by atoms with Gasteiger partial charge in [-0.25, -0.2) is 0 Å². The topological polar surface area (TPSA) is 46.6 Å². The quantitative estimate of drug-likeness (QED) is 0.634. The van der Waals surface area contributed by atoms with Crippen LogP contribution < -0.4 is 0 Å². The van der Waals surface area contributed by atoms with Gasteiger partial charge in [-0.15, -0.1) is 22.7 Å². The van der Waals surface area contributed by atoms with Crippen LogP contribution >= 0.6 is 22.7 Å². The fraction of sp³-hybridized carbons (Fsp3) is 0.368. The summed E-state index contributed by atoms with van der Waals surface area (Å²) in [5.41, 5.74) is 0. The average molecular weight is 373 g/mol. The zero-order chi connectivity index (χ0) is 17.4. The van der Waals surface area contributed by atoms with Crippen LogP contribution in [0.15, 0.2) is 30.3 Å². The van der Waals surface area contributed by atoms with Gasteiger partial charge in [0.2, 0.25) is 0 Å². The molecule has 0 saturated carbocycles. The first-order chi connectivity index (χ1) is 12.2. The molecule has 1 aromatic carbocycles. The van der Waals surface area contributed by atoms with E-state index in [2.05, 4.69) is 12.1 Å². The number of amides is 1. The number of thiophene rings is 2. The summed E-state index contributed by atoms with van der Waals surface area (Å²) in [5.74, 6) is -0.343. The van der Waals surface area contributed by atoms with Gasteiger partial charge in [0.1, 0.15) is 0 Å². The summed E-state index contributed by atoms with van der Waals surface area (Å²) in [6.07, 6.45) is 1.64. The summed E-state index contributed by atoms with van der Waals surface area (Å²) in [4.78, 5) is 27.5. The van der Waals surface area contributed by atoms with Gasteiger partial charge < -0.3 is 9.64 Å². The van der Waals surface area contributed by atoms with E-state index in [-0.39, 0.29) is 17.8 Å². The number of hydrogen-bond donors (Lipinski definition) is 0. The predicted octanol–water partition coefficient (Wildman–Crippen LogP) is 4.53. The molecule has 6 heteroatoms. The van der Waals surface area contributed by atoms with Gasteiger partial charge in [-0.05, 0) is 31.9 Å². The summed E-state index contributed by atoms with van der Waals surface area (Å²) in [6.45, 7) is 3.37. The van der Waals surface area contributed by atoms with Crippen molar-refractivity contribution < 1.29 is 14.3 Å². The minimum atomic E-state index is -0.195. The first-order valence-electron chi connectivity index (χ1n) is 8.54. The molecule has 2 aromatic heterocycles. The van der Waals surface area contributed by atoms with E-state index in [1.807, 2.05) is 30.0 Å². The van der Waals surface area contributed by atoms with Crippen LogP contribution in [-0.4, -0.2) is 36.5 Å². The van der Waals surface area contributed by atoms with Gasteiger partial charge in [0.25, 0.3) is 5.91 Å². The molecule has 0 spiro atoms. The number of fused-ring (bicyclic) bond motifs is 3. The predicted molar refractivity (Wildman–Crippen MR) is 102 cm³/mol. The fourth-order valence-electron chi connectivity index (χ4n) is 3.37. The molecule has 0 N–H and O–H groups in total. The number of piperidine rings is 1. The highest BCUT2D eigenvalue weighted by Gasteiger charge is 2.30. The van der Waals surface area contributed by atoms with Crippen LogP contribution in [0, 0.1) is 5.92 Å². The van der Waals surface area contributed by atoms with Gasteiger partial charge in [0, 0.05) is 27.9 Å². The summed E-state index contributed by atoms with van der Waals surface area (Å²) >= 11 is 3.28. The Labute approximate surface area is 154 Å². The highest BCUT2D eigenvalue weighted by Crippen LogP contribution is 2.39. The molecule has 0 bridgehead atoms. The van der Waals surface area contributed by atoms with E-state index < -0.39 is 0 Å². The molecule has 1 saturated heterocycles. The Morgan fingerprint density at radius 3 is 2.92 bits per heavy atom. The van der Waals surface area contributed by atoms with Crippen LogP contribution in [0.5, 0.6) is 0 Å².